The first-order chi connectivity index (χ1) is 9.13. The minimum Gasteiger partial charge on any atom is -0.457 e. The van der Waals surface area contributed by atoms with Crippen molar-refractivity contribution in [2.45, 2.75) is 13.8 Å². The highest BCUT2D eigenvalue weighted by atomic mass is 16.5. The van der Waals surface area contributed by atoms with E-state index in [1.54, 1.807) is 24.3 Å². The van der Waals surface area contributed by atoms with Gasteiger partial charge in [0, 0.05) is 5.56 Å². The van der Waals surface area contributed by atoms with Gasteiger partial charge in [0.2, 0.25) is 0 Å². The van der Waals surface area contributed by atoms with E-state index in [1.165, 1.54) is 0 Å². The Labute approximate surface area is 112 Å². The highest BCUT2D eigenvalue weighted by Crippen LogP contribution is 2.27. The van der Waals surface area contributed by atoms with Crippen LogP contribution in [0.5, 0.6) is 11.5 Å². The predicted octanol–water partition coefficient (Wildman–Crippen LogP) is 3.78. The Hall–Kier alpha value is -2.60. The summed E-state index contributed by atoms with van der Waals surface area (Å²) in [6.45, 7) is 3.78. The number of carbonyl (C=O) groups excluding carboxylic acids is 1. The third kappa shape index (κ3) is 2.80. The number of hydrogen-bond acceptors (Lipinski definition) is 3. The predicted molar refractivity (Wildman–Crippen MR) is 72.5 cm³/mol. The molecule has 0 unspecified atom stereocenters. The average Bonchev–Trinajstić information content (AvgIpc) is 2.41. The summed E-state index contributed by atoms with van der Waals surface area (Å²) in [4.78, 5) is 10.8. The highest BCUT2D eigenvalue weighted by molar-refractivity contribution is 5.77. The van der Waals surface area contributed by atoms with Gasteiger partial charge in [0.15, 0.2) is 0 Å². The number of aryl methyl sites for hydroxylation is 2. The molecule has 2 rings (SSSR count). The van der Waals surface area contributed by atoms with Crippen molar-refractivity contribution in [3.8, 4) is 17.6 Å². The minimum atomic E-state index is 0.557. The topological polar surface area (TPSA) is 50.1 Å². The van der Waals surface area contributed by atoms with Crippen LogP contribution in [0.2, 0.25) is 0 Å². The maximum atomic E-state index is 10.8. The molecule has 0 saturated carbocycles. The molecule has 0 N–H and O–H groups in total. The number of nitriles is 1. The summed E-state index contributed by atoms with van der Waals surface area (Å²) in [6.07, 6.45) is 0.820. The van der Waals surface area contributed by atoms with Crippen molar-refractivity contribution < 1.29 is 9.53 Å². The fraction of sp³-hybridized carbons (Fsp3) is 0.125. The fourth-order valence-electron chi connectivity index (χ4n) is 1.75. The Kier molecular flexibility index (Phi) is 3.63. The third-order valence-corrected chi connectivity index (χ3v) is 2.91. The van der Waals surface area contributed by atoms with Crippen molar-refractivity contribution in [3.63, 3.8) is 0 Å². The average molecular weight is 251 g/mol. The van der Waals surface area contributed by atoms with Crippen LogP contribution < -0.4 is 4.74 Å². The van der Waals surface area contributed by atoms with Crippen molar-refractivity contribution >= 4 is 6.29 Å². The zero-order valence-electron chi connectivity index (χ0n) is 10.8. The molecule has 0 saturated heterocycles. The van der Waals surface area contributed by atoms with Crippen LogP contribution in [0, 0.1) is 25.2 Å². The highest BCUT2D eigenvalue weighted by Gasteiger charge is 2.05. The number of benzene rings is 2. The largest absolute Gasteiger partial charge is 0.457 e. The monoisotopic (exact) mass is 251 g/mol. The van der Waals surface area contributed by atoms with E-state index in [-0.39, 0.29) is 0 Å². The molecular formula is C16H13NO2. The Balaban J connectivity index is 2.33. The van der Waals surface area contributed by atoms with Crippen LogP contribution in [0.25, 0.3) is 0 Å². The second-order valence-electron chi connectivity index (χ2n) is 4.33. The van der Waals surface area contributed by atoms with Gasteiger partial charge in [-0.05, 0) is 55.3 Å². The summed E-state index contributed by atoms with van der Waals surface area (Å²) in [5, 5.41) is 8.89. The molecule has 0 bridgehead atoms. The molecule has 0 aliphatic heterocycles. The maximum Gasteiger partial charge on any atom is 0.150 e. The molecule has 2 aromatic rings. The van der Waals surface area contributed by atoms with Gasteiger partial charge in [-0.2, -0.15) is 5.26 Å². The van der Waals surface area contributed by atoms with E-state index < -0.39 is 0 Å². The molecular weight excluding hydrogens is 238 g/mol. The summed E-state index contributed by atoms with van der Waals surface area (Å²) in [6, 6.07) is 12.7. The van der Waals surface area contributed by atoms with Crippen molar-refractivity contribution in [1.29, 1.82) is 5.26 Å². The van der Waals surface area contributed by atoms with Crippen LogP contribution in [-0.4, -0.2) is 6.29 Å². The van der Waals surface area contributed by atoms with E-state index in [1.807, 2.05) is 26.0 Å². The number of rotatable bonds is 3. The fourth-order valence-corrected chi connectivity index (χ4v) is 1.75. The Morgan fingerprint density at radius 2 is 1.89 bits per heavy atom. The molecule has 3 nitrogen and oxygen atoms in total. The second-order valence-corrected chi connectivity index (χ2v) is 4.33. The van der Waals surface area contributed by atoms with E-state index in [4.69, 9.17) is 10.00 Å². The lowest BCUT2D eigenvalue weighted by Crippen LogP contribution is -1.91. The molecule has 0 radical (unpaired) electrons. The number of aldehydes is 1. The van der Waals surface area contributed by atoms with Gasteiger partial charge in [-0.15, -0.1) is 0 Å². The van der Waals surface area contributed by atoms with Crippen LogP contribution >= 0.6 is 0 Å². The van der Waals surface area contributed by atoms with Crippen LogP contribution in [0.15, 0.2) is 36.4 Å². The molecule has 0 aliphatic rings. The van der Waals surface area contributed by atoms with Gasteiger partial charge in [0.1, 0.15) is 17.8 Å². The summed E-state index contributed by atoms with van der Waals surface area (Å²) >= 11 is 0. The normalized spacial score (nSPS) is 9.74. The molecule has 94 valence electrons. The molecule has 2 aromatic carbocycles. The van der Waals surface area contributed by atoms with Crippen LogP contribution in [-0.2, 0) is 0 Å². The van der Waals surface area contributed by atoms with Gasteiger partial charge in [0.25, 0.3) is 0 Å². The van der Waals surface area contributed by atoms with Gasteiger partial charge in [-0.25, -0.2) is 0 Å². The number of nitrogens with zero attached hydrogens (tertiary/aromatic N) is 1. The van der Waals surface area contributed by atoms with Gasteiger partial charge < -0.3 is 4.74 Å². The van der Waals surface area contributed by atoms with Crippen LogP contribution in [0.3, 0.4) is 0 Å². The SMILES string of the molecule is Cc1cc(Oc2cc(C#N)ccc2C)ccc1C=O. The van der Waals surface area contributed by atoms with Gasteiger partial charge >= 0.3 is 0 Å². The summed E-state index contributed by atoms with van der Waals surface area (Å²) in [5.41, 5.74) is 3.02. The molecule has 19 heavy (non-hydrogen) atoms. The molecule has 3 heteroatoms. The molecule has 0 aromatic heterocycles. The maximum absolute atomic E-state index is 10.8. The zero-order valence-corrected chi connectivity index (χ0v) is 10.8. The van der Waals surface area contributed by atoms with Gasteiger partial charge in [-0.3, -0.25) is 4.79 Å². The lowest BCUT2D eigenvalue weighted by Gasteiger charge is -2.10. The van der Waals surface area contributed by atoms with Gasteiger partial charge in [0.05, 0.1) is 11.6 Å². The van der Waals surface area contributed by atoms with E-state index in [0.717, 1.165) is 17.4 Å². The smallest absolute Gasteiger partial charge is 0.150 e. The summed E-state index contributed by atoms with van der Waals surface area (Å²) < 4.78 is 5.76. The Bertz CT molecular complexity index is 669. The first-order valence-electron chi connectivity index (χ1n) is 5.88. The minimum absolute atomic E-state index is 0.557. The van der Waals surface area contributed by atoms with Crippen molar-refractivity contribution in [3.05, 3.63) is 58.7 Å². The lowest BCUT2D eigenvalue weighted by atomic mass is 10.1. The number of carbonyl (C=O) groups is 1. The summed E-state index contributed by atoms with van der Waals surface area (Å²) in [7, 11) is 0. The van der Waals surface area contributed by atoms with E-state index >= 15 is 0 Å². The Morgan fingerprint density at radius 3 is 2.53 bits per heavy atom. The molecule has 0 heterocycles. The quantitative estimate of drug-likeness (QED) is 0.780. The van der Waals surface area contributed by atoms with E-state index in [0.29, 0.717) is 22.6 Å². The molecule has 0 aliphatic carbocycles. The van der Waals surface area contributed by atoms with Crippen molar-refractivity contribution in [2.24, 2.45) is 0 Å². The second kappa shape index (κ2) is 5.36. The third-order valence-electron chi connectivity index (χ3n) is 2.91. The lowest BCUT2D eigenvalue weighted by molar-refractivity contribution is 0.112. The van der Waals surface area contributed by atoms with Crippen molar-refractivity contribution in [1.82, 2.24) is 0 Å². The summed E-state index contributed by atoms with van der Waals surface area (Å²) in [5.74, 6) is 1.30. The standard InChI is InChI=1S/C16H13NO2/c1-11-3-4-13(9-17)8-16(11)19-15-6-5-14(10-18)12(2)7-15/h3-8,10H,1-2H3. The van der Waals surface area contributed by atoms with Crippen LogP contribution in [0.1, 0.15) is 27.0 Å². The molecule has 0 spiro atoms. The number of ether oxygens (including phenoxy) is 1. The van der Waals surface area contributed by atoms with E-state index in [9.17, 15) is 4.79 Å². The molecule has 0 amide bonds. The zero-order chi connectivity index (χ0) is 13.8. The number of hydrogen-bond donors (Lipinski definition) is 0. The van der Waals surface area contributed by atoms with Crippen LogP contribution in [0.4, 0.5) is 0 Å². The van der Waals surface area contributed by atoms with Gasteiger partial charge in [-0.1, -0.05) is 6.07 Å². The first-order valence-corrected chi connectivity index (χ1v) is 5.88. The first kappa shape index (κ1) is 12.8. The molecule has 0 atom stereocenters. The Morgan fingerprint density at radius 1 is 1.11 bits per heavy atom. The van der Waals surface area contributed by atoms with E-state index in [2.05, 4.69) is 6.07 Å². The van der Waals surface area contributed by atoms with Crippen molar-refractivity contribution in [2.75, 3.05) is 0 Å². The molecule has 0 fully saturated rings.